The lowest BCUT2D eigenvalue weighted by molar-refractivity contribution is 0.0988. The van der Waals surface area contributed by atoms with Crippen LogP contribution in [0.1, 0.15) is 23.7 Å². The second-order valence-electron chi connectivity index (χ2n) is 4.18. The average molecular weight is 335 g/mol. The Kier molecular flexibility index (Phi) is 5.23. The molecule has 0 fully saturated rings. The second kappa shape index (κ2) is 6.92. The van der Waals surface area contributed by atoms with Crippen LogP contribution in [0.3, 0.4) is 0 Å². The van der Waals surface area contributed by atoms with Gasteiger partial charge in [-0.15, -0.1) is 11.8 Å². The van der Waals surface area contributed by atoms with Crippen LogP contribution in [0.5, 0.6) is 0 Å². The fourth-order valence-electron chi connectivity index (χ4n) is 1.80. The van der Waals surface area contributed by atoms with E-state index in [1.165, 1.54) is 0 Å². The van der Waals surface area contributed by atoms with Gasteiger partial charge in [-0.2, -0.15) is 0 Å². The Morgan fingerprint density at radius 3 is 2.37 bits per heavy atom. The largest absolute Gasteiger partial charge is 0.293 e. The number of carbonyl (C=O) groups is 1. The minimum atomic E-state index is -0.0406. The minimum absolute atomic E-state index is 0.0406. The zero-order valence-corrected chi connectivity index (χ0v) is 13.1. The molecule has 3 heteroatoms. The van der Waals surface area contributed by atoms with E-state index >= 15 is 0 Å². The molecule has 0 aliphatic carbocycles. The summed E-state index contributed by atoms with van der Waals surface area (Å²) in [7, 11) is 0. The van der Waals surface area contributed by atoms with Crippen LogP contribution >= 0.6 is 27.7 Å². The molecule has 0 spiro atoms. The van der Waals surface area contributed by atoms with Gasteiger partial charge in [-0.1, -0.05) is 49.4 Å². The number of halogens is 1. The van der Waals surface area contributed by atoms with E-state index in [0.717, 1.165) is 21.4 Å². The zero-order valence-electron chi connectivity index (χ0n) is 10.7. The van der Waals surface area contributed by atoms with E-state index in [2.05, 4.69) is 22.9 Å². The first-order valence-electron chi connectivity index (χ1n) is 6.22. The smallest absolute Gasteiger partial charge is 0.176 e. The van der Waals surface area contributed by atoms with E-state index in [1.54, 1.807) is 11.8 Å². The molecule has 0 heterocycles. The predicted molar refractivity (Wildman–Crippen MR) is 84.9 cm³/mol. The Bertz CT molecular complexity index is 554. The fourth-order valence-corrected chi connectivity index (χ4v) is 3.42. The Morgan fingerprint density at radius 2 is 1.74 bits per heavy atom. The maximum atomic E-state index is 12.5. The Labute approximate surface area is 126 Å². The summed E-state index contributed by atoms with van der Waals surface area (Å²) in [5.74, 6) is 0.198. The first kappa shape index (κ1) is 14.4. The molecule has 0 aliphatic rings. The van der Waals surface area contributed by atoms with Crippen molar-refractivity contribution in [3.05, 3.63) is 64.6 Å². The Morgan fingerprint density at radius 1 is 1.11 bits per heavy atom. The van der Waals surface area contributed by atoms with Crippen LogP contribution in [0.15, 0.2) is 64.0 Å². The van der Waals surface area contributed by atoms with Gasteiger partial charge in [0, 0.05) is 14.9 Å². The maximum Gasteiger partial charge on any atom is 0.176 e. The molecule has 2 rings (SSSR count). The van der Waals surface area contributed by atoms with Gasteiger partial charge in [0.1, 0.15) is 0 Å². The van der Waals surface area contributed by atoms with Gasteiger partial charge in [-0.3, -0.25) is 4.79 Å². The van der Waals surface area contributed by atoms with Gasteiger partial charge in [-0.25, -0.2) is 0 Å². The van der Waals surface area contributed by atoms with Crippen molar-refractivity contribution >= 4 is 33.5 Å². The molecular formula is C16H15BrOS. The number of benzene rings is 2. The summed E-state index contributed by atoms with van der Waals surface area (Å²) in [5.41, 5.74) is 0.786. The van der Waals surface area contributed by atoms with Crippen LogP contribution in [0, 0.1) is 0 Å². The Balaban J connectivity index is 2.17. The molecular weight excluding hydrogens is 320 g/mol. The lowest BCUT2D eigenvalue weighted by Gasteiger charge is -2.14. The highest BCUT2D eigenvalue weighted by Gasteiger charge is 2.20. The highest BCUT2D eigenvalue weighted by Crippen LogP contribution is 2.33. The van der Waals surface area contributed by atoms with Crippen LogP contribution in [0.4, 0.5) is 0 Å². The summed E-state index contributed by atoms with van der Waals surface area (Å²) in [4.78, 5) is 13.6. The second-order valence-corrected chi connectivity index (χ2v) is 6.27. The van der Waals surface area contributed by atoms with Crippen molar-refractivity contribution in [3.63, 3.8) is 0 Å². The molecule has 0 amide bonds. The lowest BCUT2D eigenvalue weighted by atomic mass is 10.1. The molecule has 0 bridgehead atoms. The summed E-state index contributed by atoms with van der Waals surface area (Å²) in [6.07, 6.45) is 0.819. The molecule has 2 aromatic rings. The summed E-state index contributed by atoms with van der Waals surface area (Å²) in [6, 6.07) is 17.5. The molecule has 1 atom stereocenters. The van der Waals surface area contributed by atoms with Gasteiger partial charge in [0.05, 0.1) is 5.25 Å². The molecule has 1 nitrogen and oxygen atoms in total. The van der Waals surface area contributed by atoms with Gasteiger partial charge in [-0.05, 0) is 34.5 Å². The Hall–Kier alpha value is -1.06. The molecule has 0 aromatic heterocycles. The third-order valence-corrected chi connectivity index (χ3v) is 5.22. The third-order valence-electron chi connectivity index (χ3n) is 2.83. The van der Waals surface area contributed by atoms with Crippen molar-refractivity contribution in [1.29, 1.82) is 0 Å². The standard InChI is InChI=1S/C16H15BrOS/c1-2-14(16(18)12-8-4-3-5-9-12)19-15-11-7-6-10-13(15)17/h3-11,14H,2H2,1H3. The number of hydrogen-bond acceptors (Lipinski definition) is 2. The quantitative estimate of drug-likeness (QED) is 0.552. The van der Waals surface area contributed by atoms with Gasteiger partial charge in [0.25, 0.3) is 0 Å². The maximum absolute atomic E-state index is 12.5. The molecule has 1 unspecified atom stereocenters. The minimum Gasteiger partial charge on any atom is -0.293 e. The van der Waals surface area contributed by atoms with Crippen molar-refractivity contribution in [2.45, 2.75) is 23.5 Å². The van der Waals surface area contributed by atoms with E-state index in [-0.39, 0.29) is 11.0 Å². The van der Waals surface area contributed by atoms with E-state index in [4.69, 9.17) is 0 Å². The molecule has 0 aliphatic heterocycles. The highest BCUT2D eigenvalue weighted by molar-refractivity contribution is 9.10. The molecule has 0 saturated carbocycles. The summed E-state index contributed by atoms with van der Waals surface area (Å²) >= 11 is 5.15. The van der Waals surface area contributed by atoms with Crippen molar-refractivity contribution in [2.24, 2.45) is 0 Å². The van der Waals surface area contributed by atoms with Gasteiger partial charge >= 0.3 is 0 Å². The van der Waals surface area contributed by atoms with E-state index in [1.807, 2.05) is 54.6 Å². The molecule has 98 valence electrons. The first-order chi connectivity index (χ1) is 9.22. The number of carbonyl (C=O) groups excluding carboxylic acids is 1. The number of hydrogen-bond donors (Lipinski definition) is 0. The lowest BCUT2D eigenvalue weighted by Crippen LogP contribution is -2.16. The van der Waals surface area contributed by atoms with Crippen LogP contribution in [-0.4, -0.2) is 11.0 Å². The topological polar surface area (TPSA) is 17.1 Å². The van der Waals surface area contributed by atoms with Crippen LogP contribution in [-0.2, 0) is 0 Å². The number of thioether (sulfide) groups is 1. The molecule has 2 aromatic carbocycles. The summed E-state index contributed by atoms with van der Waals surface area (Å²) < 4.78 is 1.04. The van der Waals surface area contributed by atoms with Gasteiger partial charge < -0.3 is 0 Å². The van der Waals surface area contributed by atoms with Gasteiger partial charge in [0.2, 0.25) is 0 Å². The van der Waals surface area contributed by atoms with Gasteiger partial charge in [0.15, 0.2) is 5.78 Å². The molecule has 19 heavy (non-hydrogen) atoms. The van der Waals surface area contributed by atoms with Crippen molar-refractivity contribution in [2.75, 3.05) is 0 Å². The fraction of sp³-hybridized carbons (Fsp3) is 0.188. The number of ketones is 1. The average Bonchev–Trinajstić information content (AvgIpc) is 2.47. The van der Waals surface area contributed by atoms with Crippen molar-refractivity contribution < 1.29 is 4.79 Å². The van der Waals surface area contributed by atoms with Crippen LogP contribution in [0.25, 0.3) is 0 Å². The van der Waals surface area contributed by atoms with E-state index < -0.39 is 0 Å². The summed E-state index contributed by atoms with van der Waals surface area (Å²) in [6.45, 7) is 2.05. The van der Waals surface area contributed by atoms with E-state index in [0.29, 0.717) is 0 Å². The normalized spacial score (nSPS) is 12.1. The van der Waals surface area contributed by atoms with Crippen molar-refractivity contribution in [3.8, 4) is 0 Å². The van der Waals surface area contributed by atoms with Crippen molar-refractivity contribution in [1.82, 2.24) is 0 Å². The third kappa shape index (κ3) is 3.71. The number of rotatable bonds is 5. The van der Waals surface area contributed by atoms with Crippen LogP contribution < -0.4 is 0 Å². The van der Waals surface area contributed by atoms with Crippen LogP contribution in [0.2, 0.25) is 0 Å². The molecule has 0 N–H and O–H groups in total. The van der Waals surface area contributed by atoms with E-state index in [9.17, 15) is 4.79 Å². The zero-order chi connectivity index (χ0) is 13.7. The predicted octanol–water partition coefficient (Wildman–Crippen LogP) is 5.20. The monoisotopic (exact) mass is 334 g/mol. The first-order valence-corrected chi connectivity index (χ1v) is 7.90. The number of Topliss-reactive ketones (excluding diaryl/α,β-unsaturated/α-hetero) is 1. The summed E-state index contributed by atoms with van der Waals surface area (Å²) in [5, 5.41) is -0.0406. The highest BCUT2D eigenvalue weighted by atomic mass is 79.9. The molecule has 0 saturated heterocycles. The molecule has 0 radical (unpaired) electrons. The SMILES string of the molecule is CCC(Sc1ccccc1Br)C(=O)c1ccccc1.